The highest BCUT2D eigenvalue weighted by atomic mass is 79.9. The number of rotatable bonds is 3. The molecule has 18 heavy (non-hydrogen) atoms. The molecule has 0 aliphatic rings. The molecule has 2 rings (SSSR count). The molecule has 1 N–H and O–H groups in total. The van der Waals surface area contributed by atoms with Gasteiger partial charge in [0, 0.05) is 0 Å². The number of hydrogen-bond acceptors (Lipinski definition) is 2. The van der Waals surface area contributed by atoms with E-state index >= 15 is 0 Å². The summed E-state index contributed by atoms with van der Waals surface area (Å²) in [5.74, 6) is 0.920. The first-order valence-electron chi connectivity index (χ1n) is 5.43. The summed E-state index contributed by atoms with van der Waals surface area (Å²) in [5.41, 5.74) is 1.75. The van der Waals surface area contributed by atoms with E-state index in [-0.39, 0.29) is 12.4 Å². The maximum absolute atomic E-state index is 13.1. The standard InChI is InChI=1S/C14H12BrFO2/c1-9-6-10(8-17)2-5-14(9)18-11-3-4-13(16)12(15)7-11/h2-7,17H,8H2,1H3. The van der Waals surface area contributed by atoms with Crippen LogP contribution in [0.3, 0.4) is 0 Å². The summed E-state index contributed by atoms with van der Waals surface area (Å²) in [5, 5.41) is 9.02. The van der Waals surface area contributed by atoms with Crippen LogP contribution in [0, 0.1) is 12.7 Å². The molecule has 0 aromatic heterocycles. The van der Waals surface area contributed by atoms with Gasteiger partial charge >= 0.3 is 0 Å². The van der Waals surface area contributed by atoms with Crippen molar-refractivity contribution in [1.82, 2.24) is 0 Å². The Morgan fingerprint density at radius 2 is 2.00 bits per heavy atom. The molecule has 2 aromatic carbocycles. The summed E-state index contributed by atoms with van der Waals surface area (Å²) < 4.78 is 19.1. The van der Waals surface area contributed by atoms with Crippen LogP contribution >= 0.6 is 15.9 Å². The lowest BCUT2D eigenvalue weighted by Gasteiger charge is -2.10. The Hall–Kier alpha value is -1.39. The first kappa shape index (κ1) is 13.1. The van der Waals surface area contributed by atoms with Crippen LogP contribution in [0.25, 0.3) is 0 Å². The van der Waals surface area contributed by atoms with Crippen molar-refractivity contribution in [2.24, 2.45) is 0 Å². The van der Waals surface area contributed by atoms with Gasteiger partial charge in [-0.15, -0.1) is 0 Å². The summed E-state index contributed by atoms with van der Waals surface area (Å²) >= 11 is 3.11. The lowest BCUT2D eigenvalue weighted by Crippen LogP contribution is -1.91. The van der Waals surface area contributed by atoms with Crippen molar-refractivity contribution in [3.8, 4) is 11.5 Å². The fraction of sp³-hybridized carbons (Fsp3) is 0.143. The molecule has 0 aliphatic heterocycles. The van der Waals surface area contributed by atoms with Gasteiger partial charge in [0.05, 0.1) is 11.1 Å². The van der Waals surface area contributed by atoms with E-state index in [9.17, 15) is 4.39 Å². The molecule has 2 nitrogen and oxygen atoms in total. The van der Waals surface area contributed by atoms with Gasteiger partial charge in [-0.2, -0.15) is 0 Å². The molecule has 0 saturated heterocycles. The molecule has 94 valence electrons. The van der Waals surface area contributed by atoms with Gasteiger partial charge in [-0.1, -0.05) is 12.1 Å². The van der Waals surface area contributed by atoms with Crippen molar-refractivity contribution in [3.63, 3.8) is 0 Å². The molecule has 0 bridgehead atoms. The smallest absolute Gasteiger partial charge is 0.137 e. The van der Waals surface area contributed by atoms with E-state index in [1.54, 1.807) is 24.3 Å². The van der Waals surface area contributed by atoms with Gasteiger partial charge in [0.25, 0.3) is 0 Å². The molecule has 0 radical (unpaired) electrons. The highest BCUT2D eigenvalue weighted by Crippen LogP contribution is 2.28. The summed E-state index contributed by atoms with van der Waals surface area (Å²) in [6.07, 6.45) is 0. The maximum atomic E-state index is 13.1. The second-order valence-electron chi connectivity index (χ2n) is 3.94. The Labute approximate surface area is 113 Å². The Bertz CT molecular complexity index is 570. The molecule has 0 spiro atoms. The number of hydrogen-bond donors (Lipinski definition) is 1. The van der Waals surface area contributed by atoms with Crippen LogP contribution < -0.4 is 4.74 Å². The van der Waals surface area contributed by atoms with Crippen molar-refractivity contribution in [1.29, 1.82) is 0 Å². The Morgan fingerprint density at radius 3 is 2.61 bits per heavy atom. The number of halogens is 2. The van der Waals surface area contributed by atoms with Gasteiger partial charge in [-0.25, -0.2) is 4.39 Å². The van der Waals surface area contributed by atoms with Gasteiger partial charge in [-0.3, -0.25) is 0 Å². The number of aryl methyl sites for hydroxylation is 1. The predicted molar refractivity (Wildman–Crippen MR) is 71.3 cm³/mol. The van der Waals surface area contributed by atoms with Crippen LogP contribution in [-0.2, 0) is 6.61 Å². The van der Waals surface area contributed by atoms with Crippen molar-refractivity contribution in [2.45, 2.75) is 13.5 Å². The zero-order valence-electron chi connectivity index (χ0n) is 9.78. The third-order valence-electron chi connectivity index (χ3n) is 2.54. The molecular formula is C14H12BrFO2. The van der Waals surface area contributed by atoms with Gasteiger partial charge in [0.15, 0.2) is 0 Å². The Kier molecular flexibility index (Phi) is 3.99. The molecular weight excluding hydrogens is 299 g/mol. The predicted octanol–water partition coefficient (Wildman–Crippen LogP) is 4.18. The van der Waals surface area contributed by atoms with Gasteiger partial charge < -0.3 is 9.84 Å². The zero-order valence-corrected chi connectivity index (χ0v) is 11.4. The fourth-order valence-corrected chi connectivity index (χ4v) is 1.95. The summed E-state index contributed by atoms with van der Waals surface area (Å²) in [6.45, 7) is 1.90. The van der Waals surface area contributed by atoms with E-state index < -0.39 is 0 Å². The number of aliphatic hydroxyl groups is 1. The molecule has 0 fully saturated rings. The molecule has 0 amide bonds. The highest BCUT2D eigenvalue weighted by Gasteiger charge is 2.05. The average Bonchev–Trinajstić information content (AvgIpc) is 2.36. The number of aliphatic hydroxyl groups excluding tert-OH is 1. The van der Waals surface area contributed by atoms with E-state index in [0.29, 0.717) is 16.0 Å². The van der Waals surface area contributed by atoms with E-state index in [4.69, 9.17) is 9.84 Å². The molecule has 0 saturated carbocycles. The molecule has 0 unspecified atom stereocenters. The lowest BCUT2D eigenvalue weighted by atomic mass is 10.1. The van der Waals surface area contributed by atoms with E-state index in [1.807, 2.05) is 13.0 Å². The van der Waals surface area contributed by atoms with Crippen molar-refractivity contribution in [2.75, 3.05) is 0 Å². The highest BCUT2D eigenvalue weighted by molar-refractivity contribution is 9.10. The fourth-order valence-electron chi connectivity index (χ4n) is 1.59. The summed E-state index contributed by atoms with van der Waals surface area (Å²) in [6, 6.07) is 9.93. The minimum atomic E-state index is -0.324. The minimum Gasteiger partial charge on any atom is -0.457 e. The minimum absolute atomic E-state index is 0.00319. The SMILES string of the molecule is Cc1cc(CO)ccc1Oc1ccc(F)c(Br)c1. The van der Waals surface area contributed by atoms with Gasteiger partial charge in [-0.05, 0) is 58.2 Å². The van der Waals surface area contributed by atoms with Crippen LogP contribution in [0.15, 0.2) is 40.9 Å². The second kappa shape index (κ2) is 5.50. The molecule has 0 aliphatic carbocycles. The Morgan fingerprint density at radius 1 is 1.22 bits per heavy atom. The number of benzene rings is 2. The van der Waals surface area contributed by atoms with Crippen LogP contribution in [0.2, 0.25) is 0 Å². The van der Waals surface area contributed by atoms with Gasteiger partial charge in [0.1, 0.15) is 17.3 Å². The normalized spacial score (nSPS) is 10.4. The van der Waals surface area contributed by atoms with E-state index in [2.05, 4.69) is 15.9 Å². The first-order chi connectivity index (χ1) is 8.60. The third kappa shape index (κ3) is 2.89. The van der Waals surface area contributed by atoms with Crippen LogP contribution in [-0.4, -0.2) is 5.11 Å². The summed E-state index contributed by atoms with van der Waals surface area (Å²) in [4.78, 5) is 0. The van der Waals surface area contributed by atoms with Crippen LogP contribution in [0.1, 0.15) is 11.1 Å². The van der Waals surface area contributed by atoms with E-state index in [0.717, 1.165) is 11.1 Å². The van der Waals surface area contributed by atoms with Crippen LogP contribution in [0.4, 0.5) is 4.39 Å². The molecule has 4 heteroatoms. The Balaban J connectivity index is 2.25. The van der Waals surface area contributed by atoms with E-state index in [1.165, 1.54) is 6.07 Å². The second-order valence-corrected chi connectivity index (χ2v) is 4.79. The third-order valence-corrected chi connectivity index (χ3v) is 3.15. The lowest BCUT2D eigenvalue weighted by molar-refractivity contribution is 0.281. The van der Waals surface area contributed by atoms with Gasteiger partial charge in [0.2, 0.25) is 0 Å². The molecule has 2 aromatic rings. The quantitative estimate of drug-likeness (QED) is 0.921. The topological polar surface area (TPSA) is 29.5 Å². The molecule has 0 atom stereocenters. The average molecular weight is 311 g/mol. The van der Waals surface area contributed by atoms with Crippen molar-refractivity contribution < 1.29 is 14.2 Å². The molecule has 0 heterocycles. The first-order valence-corrected chi connectivity index (χ1v) is 6.23. The van der Waals surface area contributed by atoms with Crippen molar-refractivity contribution in [3.05, 3.63) is 57.8 Å². The largest absolute Gasteiger partial charge is 0.457 e. The maximum Gasteiger partial charge on any atom is 0.137 e. The summed E-state index contributed by atoms with van der Waals surface area (Å²) in [7, 11) is 0. The monoisotopic (exact) mass is 310 g/mol. The van der Waals surface area contributed by atoms with Crippen molar-refractivity contribution >= 4 is 15.9 Å². The van der Waals surface area contributed by atoms with Crippen LogP contribution in [0.5, 0.6) is 11.5 Å². The number of ether oxygens (including phenoxy) is 1. The zero-order chi connectivity index (χ0) is 13.1.